The summed E-state index contributed by atoms with van der Waals surface area (Å²) in [6.45, 7) is 0. The first kappa shape index (κ1) is 13.8. The summed E-state index contributed by atoms with van der Waals surface area (Å²) in [5.41, 5.74) is -0.780. The molecule has 0 aliphatic carbocycles. The largest absolute Gasteiger partial charge is 0.480 e. The maximum absolute atomic E-state index is 12.8. The van der Waals surface area contributed by atoms with Gasteiger partial charge < -0.3 is 9.47 Å². The van der Waals surface area contributed by atoms with Gasteiger partial charge in [0, 0.05) is 5.56 Å². The number of ether oxygens (including phenoxy) is 2. The number of methoxy groups -OCH3 is 2. The van der Waals surface area contributed by atoms with Crippen molar-refractivity contribution >= 4 is 5.97 Å². The third-order valence-corrected chi connectivity index (χ3v) is 2.16. The molecule has 0 fully saturated rings. The van der Waals surface area contributed by atoms with Gasteiger partial charge in [0.15, 0.2) is 0 Å². The first-order valence-corrected chi connectivity index (χ1v) is 4.86. The van der Waals surface area contributed by atoms with Crippen LogP contribution in [0.25, 0.3) is 0 Å². The Morgan fingerprint density at radius 1 is 1.56 bits per heavy atom. The van der Waals surface area contributed by atoms with Gasteiger partial charge in [-0.25, -0.2) is 13.8 Å². The zero-order valence-electron chi connectivity index (χ0n) is 9.74. The van der Waals surface area contributed by atoms with E-state index in [1.165, 1.54) is 14.2 Å². The number of nitrogens with zero attached hydrogens (tertiary/aromatic N) is 2. The molecular formula is C11H10F2N2O3. The SMILES string of the molecule is COC(=O)Cc1cc(C(F)F)c(C#N)c(OC)n1. The molecule has 1 rings (SSSR count). The van der Waals surface area contributed by atoms with Crippen LogP contribution < -0.4 is 4.74 Å². The number of hydrogen-bond donors (Lipinski definition) is 0. The number of nitriles is 1. The summed E-state index contributed by atoms with van der Waals surface area (Å²) in [6, 6.07) is 2.61. The number of halogens is 2. The zero-order chi connectivity index (χ0) is 13.7. The number of rotatable bonds is 4. The Morgan fingerprint density at radius 2 is 2.22 bits per heavy atom. The zero-order valence-corrected chi connectivity index (χ0v) is 9.74. The molecule has 5 nitrogen and oxygen atoms in total. The van der Waals surface area contributed by atoms with E-state index in [1.807, 2.05) is 0 Å². The molecule has 0 N–H and O–H groups in total. The molecule has 96 valence electrons. The first-order chi connectivity index (χ1) is 8.53. The van der Waals surface area contributed by atoms with Crippen molar-refractivity contribution in [2.24, 2.45) is 0 Å². The number of carbonyl (C=O) groups is 1. The standard InChI is InChI=1S/C11H10F2N2O3/c1-17-9(16)4-6-3-7(10(12)13)8(5-14)11(15-6)18-2/h3,10H,4H2,1-2H3. The van der Waals surface area contributed by atoms with Crippen LogP contribution in [0.1, 0.15) is 23.2 Å². The maximum Gasteiger partial charge on any atom is 0.311 e. The topological polar surface area (TPSA) is 72.2 Å². The van der Waals surface area contributed by atoms with Crippen molar-refractivity contribution < 1.29 is 23.0 Å². The lowest BCUT2D eigenvalue weighted by atomic mass is 10.1. The summed E-state index contributed by atoms with van der Waals surface area (Å²) in [4.78, 5) is 14.9. The molecule has 0 aliphatic heterocycles. The molecule has 0 spiro atoms. The van der Waals surface area contributed by atoms with E-state index in [0.717, 1.165) is 6.07 Å². The van der Waals surface area contributed by atoms with Gasteiger partial charge >= 0.3 is 5.97 Å². The summed E-state index contributed by atoms with van der Waals surface area (Å²) < 4.78 is 34.7. The van der Waals surface area contributed by atoms with E-state index in [4.69, 9.17) is 10.00 Å². The Bertz CT molecular complexity index is 498. The molecule has 0 amide bonds. The summed E-state index contributed by atoms with van der Waals surface area (Å²) >= 11 is 0. The third-order valence-electron chi connectivity index (χ3n) is 2.16. The van der Waals surface area contributed by atoms with Crippen molar-refractivity contribution in [2.75, 3.05) is 14.2 Å². The molecule has 1 aromatic heterocycles. The lowest BCUT2D eigenvalue weighted by Crippen LogP contribution is -2.09. The van der Waals surface area contributed by atoms with Crippen molar-refractivity contribution in [3.63, 3.8) is 0 Å². The molecule has 0 aliphatic rings. The van der Waals surface area contributed by atoms with Gasteiger partial charge in [-0.05, 0) is 6.07 Å². The van der Waals surface area contributed by atoms with E-state index < -0.39 is 18.0 Å². The average molecular weight is 256 g/mol. The van der Waals surface area contributed by atoms with Crippen LogP contribution in [0.5, 0.6) is 5.88 Å². The highest BCUT2D eigenvalue weighted by molar-refractivity contribution is 5.72. The average Bonchev–Trinajstić information content (AvgIpc) is 2.37. The van der Waals surface area contributed by atoms with E-state index in [2.05, 4.69) is 9.72 Å². The minimum atomic E-state index is -2.85. The fourth-order valence-electron chi connectivity index (χ4n) is 1.34. The second-order valence-corrected chi connectivity index (χ2v) is 3.25. The monoisotopic (exact) mass is 256 g/mol. The Morgan fingerprint density at radius 3 is 2.67 bits per heavy atom. The van der Waals surface area contributed by atoms with E-state index in [-0.39, 0.29) is 23.6 Å². The Kier molecular flexibility index (Phi) is 4.54. The number of hydrogen-bond acceptors (Lipinski definition) is 5. The predicted octanol–water partition coefficient (Wildman–Crippen LogP) is 1.61. The molecule has 1 aromatic rings. The maximum atomic E-state index is 12.8. The smallest absolute Gasteiger partial charge is 0.311 e. The quantitative estimate of drug-likeness (QED) is 0.765. The summed E-state index contributed by atoms with van der Waals surface area (Å²) in [5, 5.41) is 8.80. The molecule has 18 heavy (non-hydrogen) atoms. The molecule has 0 saturated carbocycles. The predicted molar refractivity (Wildman–Crippen MR) is 56.2 cm³/mol. The van der Waals surface area contributed by atoms with Gasteiger partial charge in [0.1, 0.15) is 11.6 Å². The minimum Gasteiger partial charge on any atom is -0.480 e. The minimum absolute atomic E-state index is 0.0630. The van der Waals surface area contributed by atoms with Crippen LogP contribution in [0, 0.1) is 11.3 Å². The lowest BCUT2D eigenvalue weighted by Gasteiger charge is -2.09. The number of alkyl halides is 2. The molecule has 0 atom stereocenters. The van der Waals surface area contributed by atoms with Crippen molar-refractivity contribution in [3.8, 4) is 11.9 Å². The van der Waals surface area contributed by atoms with E-state index in [0.29, 0.717) is 0 Å². The summed E-state index contributed by atoms with van der Waals surface area (Å²) in [7, 11) is 2.39. The van der Waals surface area contributed by atoms with Crippen LogP contribution in [-0.4, -0.2) is 25.2 Å². The summed E-state index contributed by atoms with van der Waals surface area (Å²) in [5.74, 6) is -0.844. The fraction of sp³-hybridized carbons (Fsp3) is 0.364. The highest BCUT2D eigenvalue weighted by Crippen LogP contribution is 2.28. The molecule has 1 heterocycles. The van der Waals surface area contributed by atoms with Gasteiger partial charge in [0.05, 0.1) is 26.3 Å². The van der Waals surface area contributed by atoms with Crippen LogP contribution in [-0.2, 0) is 16.0 Å². The van der Waals surface area contributed by atoms with Crippen LogP contribution in [0.3, 0.4) is 0 Å². The molecular weight excluding hydrogens is 246 g/mol. The molecule has 7 heteroatoms. The highest BCUT2D eigenvalue weighted by atomic mass is 19.3. The van der Waals surface area contributed by atoms with Crippen LogP contribution in [0.4, 0.5) is 8.78 Å². The Balaban J connectivity index is 3.28. The molecule has 0 unspecified atom stereocenters. The van der Waals surface area contributed by atoms with E-state index >= 15 is 0 Å². The van der Waals surface area contributed by atoms with Crippen LogP contribution >= 0.6 is 0 Å². The molecule has 0 saturated heterocycles. The van der Waals surface area contributed by atoms with E-state index in [9.17, 15) is 13.6 Å². The number of esters is 1. The second-order valence-electron chi connectivity index (χ2n) is 3.25. The number of carbonyl (C=O) groups excluding carboxylic acids is 1. The molecule has 0 bridgehead atoms. The van der Waals surface area contributed by atoms with Crippen LogP contribution in [0.2, 0.25) is 0 Å². The van der Waals surface area contributed by atoms with Gasteiger partial charge in [-0.2, -0.15) is 5.26 Å². The Hall–Kier alpha value is -2.23. The molecule has 0 aromatic carbocycles. The third kappa shape index (κ3) is 2.91. The first-order valence-electron chi connectivity index (χ1n) is 4.86. The number of aromatic nitrogens is 1. The number of pyridine rings is 1. The Labute approximate surface area is 102 Å². The lowest BCUT2D eigenvalue weighted by molar-refractivity contribution is -0.139. The highest BCUT2D eigenvalue weighted by Gasteiger charge is 2.21. The molecule has 0 radical (unpaired) electrons. The van der Waals surface area contributed by atoms with E-state index in [1.54, 1.807) is 6.07 Å². The normalized spacial score (nSPS) is 10.0. The second kappa shape index (κ2) is 5.91. The van der Waals surface area contributed by atoms with Gasteiger partial charge in [-0.15, -0.1) is 0 Å². The van der Waals surface area contributed by atoms with Gasteiger partial charge in [0.25, 0.3) is 6.43 Å². The summed E-state index contributed by atoms with van der Waals surface area (Å²) in [6.07, 6.45) is -3.12. The van der Waals surface area contributed by atoms with Gasteiger partial charge in [-0.3, -0.25) is 4.79 Å². The van der Waals surface area contributed by atoms with Crippen LogP contribution in [0.15, 0.2) is 6.07 Å². The van der Waals surface area contributed by atoms with Crippen molar-refractivity contribution in [1.82, 2.24) is 4.98 Å². The van der Waals surface area contributed by atoms with Crippen molar-refractivity contribution in [1.29, 1.82) is 5.26 Å². The fourth-order valence-corrected chi connectivity index (χ4v) is 1.34. The van der Waals surface area contributed by atoms with Crippen molar-refractivity contribution in [3.05, 3.63) is 22.9 Å². The van der Waals surface area contributed by atoms with Crippen molar-refractivity contribution in [2.45, 2.75) is 12.8 Å². The van der Waals surface area contributed by atoms with Gasteiger partial charge in [0.2, 0.25) is 5.88 Å². The van der Waals surface area contributed by atoms with Gasteiger partial charge in [-0.1, -0.05) is 0 Å².